The molecule has 26 heavy (non-hydrogen) atoms. The molecule has 0 heterocycles. The second-order valence-corrected chi connectivity index (χ2v) is 7.32. The van der Waals surface area contributed by atoms with Crippen LogP contribution in [0.5, 0.6) is 0 Å². The maximum Gasteiger partial charge on any atom is 0.0447 e. The standard InChI is InChI=1S/C24H24ClN/c1-15(2)18(5)26-14-20-11-16(3)9-10-22(20)19-12-17(4)21-7-6-8-24(25)23(21)13-19/h6-12,26H,1,4-5,13-14H2,2-3H3. The van der Waals surface area contributed by atoms with Crippen LogP contribution in [0.15, 0.2) is 73.5 Å². The van der Waals surface area contributed by atoms with Crippen molar-refractivity contribution in [3.8, 4) is 0 Å². The molecule has 0 aliphatic heterocycles. The predicted octanol–water partition coefficient (Wildman–Crippen LogP) is 6.48. The highest BCUT2D eigenvalue weighted by atomic mass is 35.5. The van der Waals surface area contributed by atoms with E-state index in [4.69, 9.17) is 11.6 Å². The molecule has 0 radical (unpaired) electrons. The molecule has 0 spiro atoms. The molecule has 3 rings (SSSR count). The van der Waals surface area contributed by atoms with E-state index in [-0.39, 0.29) is 0 Å². The molecule has 0 aromatic heterocycles. The highest BCUT2D eigenvalue weighted by Crippen LogP contribution is 2.37. The zero-order valence-corrected chi connectivity index (χ0v) is 16.2. The lowest BCUT2D eigenvalue weighted by atomic mass is 9.84. The van der Waals surface area contributed by atoms with Crippen LogP contribution in [0.25, 0.3) is 11.1 Å². The van der Waals surface area contributed by atoms with Gasteiger partial charge in [0.1, 0.15) is 0 Å². The van der Waals surface area contributed by atoms with Crippen LogP contribution in [0, 0.1) is 6.92 Å². The van der Waals surface area contributed by atoms with E-state index in [1.165, 1.54) is 22.3 Å². The van der Waals surface area contributed by atoms with Crippen molar-refractivity contribution in [3.63, 3.8) is 0 Å². The summed E-state index contributed by atoms with van der Waals surface area (Å²) in [4.78, 5) is 0. The Labute approximate surface area is 161 Å². The fraction of sp³-hybridized carbons (Fsp3) is 0.167. The summed E-state index contributed by atoms with van der Waals surface area (Å²) in [6.45, 7) is 17.0. The van der Waals surface area contributed by atoms with E-state index < -0.39 is 0 Å². The van der Waals surface area contributed by atoms with E-state index >= 15 is 0 Å². The Hall–Kier alpha value is -2.51. The third kappa shape index (κ3) is 3.68. The van der Waals surface area contributed by atoms with E-state index in [1.54, 1.807) is 0 Å². The Kier molecular flexibility index (Phi) is 5.20. The largest absolute Gasteiger partial charge is 0.381 e. The van der Waals surface area contributed by atoms with Gasteiger partial charge in [-0.15, -0.1) is 0 Å². The average molecular weight is 362 g/mol. The molecule has 0 unspecified atom stereocenters. The fourth-order valence-corrected chi connectivity index (χ4v) is 3.52. The van der Waals surface area contributed by atoms with Crippen LogP contribution in [-0.2, 0) is 13.0 Å². The molecule has 1 nitrogen and oxygen atoms in total. The highest BCUT2D eigenvalue weighted by Gasteiger charge is 2.19. The van der Waals surface area contributed by atoms with Gasteiger partial charge in [-0.05, 0) is 58.9 Å². The second-order valence-electron chi connectivity index (χ2n) is 6.91. The summed E-state index contributed by atoms with van der Waals surface area (Å²) < 4.78 is 0. The van der Waals surface area contributed by atoms with Gasteiger partial charge >= 0.3 is 0 Å². The van der Waals surface area contributed by atoms with Crippen LogP contribution in [-0.4, -0.2) is 0 Å². The molecule has 132 valence electrons. The minimum absolute atomic E-state index is 0.710. The first kappa shape index (κ1) is 18.3. The van der Waals surface area contributed by atoms with Gasteiger partial charge in [-0.25, -0.2) is 0 Å². The topological polar surface area (TPSA) is 12.0 Å². The van der Waals surface area contributed by atoms with Crippen molar-refractivity contribution in [1.82, 2.24) is 5.32 Å². The van der Waals surface area contributed by atoms with Crippen LogP contribution in [0.1, 0.15) is 34.7 Å². The van der Waals surface area contributed by atoms with E-state index in [0.717, 1.165) is 39.4 Å². The quantitative estimate of drug-likeness (QED) is 0.601. The summed E-state index contributed by atoms with van der Waals surface area (Å²) in [5.41, 5.74) is 10.1. The number of nitrogens with one attached hydrogen (secondary N) is 1. The van der Waals surface area contributed by atoms with Crippen LogP contribution < -0.4 is 5.32 Å². The van der Waals surface area contributed by atoms with E-state index in [0.29, 0.717) is 6.54 Å². The molecule has 2 aromatic rings. The SMILES string of the molecule is C=C(C)C(=C)NCc1cc(C)ccc1C1=CC(=C)c2cccc(Cl)c2C1. The number of aryl methyl sites for hydroxylation is 1. The number of fused-ring (bicyclic) bond motifs is 1. The lowest BCUT2D eigenvalue weighted by molar-refractivity contribution is 0.820. The molecular weight excluding hydrogens is 338 g/mol. The number of halogens is 1. The summed E-state index contributed by atoms with van der Waals surface area (Å²) in [6.07, 6.45) is 2.99. The van der Waals surface area contributed by atoms with Gasteiger partial charge in [0.15, 0.2) is 0 Å². The normalized spacial score (nSPS) is 13.0. The summed E-state index contributed by atoms with van der Waals surface area (Å²) >= 11 is 6.46. The van der Waals surface area contributed by atoms with Crippen molar-refractivity contribution in [3.05, 3.63) is 106 Å². The molecular formula is C24H24ClN. The van der Waals surface area contributed by atoms with Crippen LogP contribution in [0.3, 0.4) is 0 Å². The maximum absolute atomic E-state index is 6.46. The minimum atomic E-state index is 0.710. The van der Waals surface area contributed by atoms with E-state index in [9.17, 15) is 0 Å². The number of rotatable bonds is 5. The van der Waals surface area contributed by atoms with Crippen LogP contribution in [0.4, 0.5) is 0 Å². The van der Waals surface area contributed by atoms with Crippen LogP contribution in [0.2, 0.25) is 5.02 Å². The van der Waals surface area contributed by atoms with Crippen molar-refractivity contribution < 1.29 is 0 Å². The van der Waals surface area contributed by atoms with Gasteiger partial charge in [0.2, 0.25) is 0 Å². The van der Waals surface area contributed by atoms with Crippen molar-refractivity contribution in [2.24, 2.45) is 0 Å². The Morgan fingerprint density at radius 3 is 2.65 bits per heavy atom. The van der Waals surface area contributed by atoms with Gasteiger partial charge in [-0.1, -0.05) is 73.3 Å². The van der Waals surface area contributed by atoms with E-state index in [2.05, 4.69) is 62.3 Å². The molecule has 0 saturated heterocycles. The Bertz CT molecular complexity index is 947. The van der Waals surface area contributed by atoms with Gasteiger partial charge in [0.25, 0.3) is 0 Å². The molecule has 2 aromatic carbocycles. The molecule has 1 aliphatic carbocycles. The predicted molar refractivity (Wildman–Crippen MR) is 114 cm³/mol. The van der Waals surface area contributed by atoms with Gasteiger partial charge in [-0.3, -0.25) is 0 Å². The summed E-state index contributed by atoms with van der Waals surface area (Å²) in [7, 11) is 0. The maximum atomic E-state index is 6.46. The third-order valence-corrected chi connectivity index (χ3v) is 5.15. The van der Waals surface area contributed by atoms with E-state index in [1.807, 2.05) is 19.1 Å². The van der Waals surface area contributed by atoms with Crippen molar-refractivity contribution >= 4 is 22.7 Å². The third-order valence-electron chi connectivity index (χ3n) is 4.79. The monoisotopic (exact) mass is 361 g/mol. The molecule has 1 aliphatic rings. The zero-order chi connectivity index (χ0) is 18.8. The number of benzene rings is 2. The van der Waals surface area contributed by atoms with Crippen LogP contribution >= 0.6 is 11.6 Å². The molecule has 0 bridgehead atoms. The van der Waals surface area contributed by atoms with Gasteiger partial charge in [-0.2, -0.15) is 0 Å². The summed E-state index contributed by atoms with van der Waals surface area (Å²) in [5, 5.41) is 4.18. The molecule has 1 N–H and O–H groups in total. The molecule has 0 atom stereocenters. The lowest BCUT2D eigenvalue weighted by Crippen LogP contribution is -2.14. The highest BCUT2D eigenvalue weighted by molar-refractivity contribution is 6.31. The first-order chi connectivity index (χ1) is 12.4. The lowest BCUT2D eigenvalue weighted by Gasteiger charge is -2.22. The molecule has 0 saturated carbocycles. The Morgan fingerprint density at radius 2 is 1.92 bits per heavy atom. The Morgan fingerprint density at radius 1 is 1.15 bits per heavy atom. The summed E-state index contributed by atoms with van der Waals surface area (Å²) in [6, 6.07) is 12.6. The average Bonchev–Trinajstić information content (AvgIpc) is 2.60. The second kappa shape index (κ2) is 7.39. The Balaban J connectivity index is 1.97. The smallest absolute Gasteiger partial charge is 0.0447 e. The number of hydrogen-bond donors (Lipinski definition) is 1. The minimum Gasteiger partial charge on any atom is -0.381 e. The number of hydrogen-bond acceptors (Lipinski definition) is 1. The molecule has 0 amide bonds. The number of allylic oxidation sites excluding steroid dienone is 4. The zero-order valence-electron chi connectivity index (χ0n) is 15.5. The summed E-state index contributed by atoms with van der Waals surface area (Å²) in [5.74, 6) is 0. The first-order valence-electron chi connectivity index (χ1n) is 8.72. The fourth-order valence-electron chi connectivity index (χ4n) is 3.28. The van der Waals surface area contributed by atoms with Crippen molar-refractivity contribution in [2.45, 2.75) is 26.8 Å². The van der Waals surface area contributed by atoms with Crippen molar-refractivity contribution in [2.75, 3.05) is 0 Å². The van der Waals surface area contributed by atoms with Gasteiger partial charge in [0, 0.05) is 23.7 Å². The van der Waals surface area contributed by atoms with Gasteiger partial charge in [0.05, 0.1) is 0 Å². The van der Waals surface area contributed by atoms with Crippen molar-refractivity contribution in [1.29, 1.82) is 0 Å². The van der Waals surface area contributed by atoms with Gasteiger partial charge < -0.3 is 5.32 Å². The first-order valence-corrected chi connectivity index (χ1v) is 9.10. The molecule has 0 fully saturated rings. The molecule has 2 heteroatoms.